The van der Waals surface area contributed by atoms with E-state index in [0.717, 1.165) is 4.90 Å². The molecule has 0 aromatic heterocycles. The fraction of sp³-hybridized carbons (Fsp3) is 0.375. The normalized spacial score (nSPS) is 19.7. The van der Waals surface area contributed by atoms with Gasteiger partial charge >= 0.3 is 0 Å². The van der Waals surface area contributed by atoms with Crippen LogP contribution in [0.15, 0.2) is 24.3 Å². The minimum Gasteiger partial charge on any atom is -0.347 e. The molecule has 0 bridgehead atoms. The third kappa shape index (κ3) is 2.66. The maximum absolute atomic E-state index is 12.6. The Hall–Kier alpha value is -2.35. The predicted octanol–water partition coefficient (Wildman–Crippen LogP) is 0.272. The second-order valence-electron chi connectivity index (χ2n) is 5.85. The highest BCUT2D eigenvalue weighted by Gasteiger charge is 2.40. The van der Waals surface area contributed by atoms with Crippen LogP contribution in [0.2, 0.25) is 0 Å². The van der Waals surface area contributed by atoms with Crippen LogP contribution in [0.3, 0.4) is 0 Å². The number of amides is 4. The summed E-state index contributed by atoms with van der Waals surface area (Å²) in [5, 5.41) is 0. The standard InChI is InChI=1S/C16H17N3O4S/c1-17(2)16(23)12-8-24-9-19(12)13(20)7-18-14(21)10-5-3-4-6-11(10)15(18)22/h3-6,12H,7-9H2,1-2H3/t12-/m1/s1. The van der Waals surface area contributed by atoms with Gasteiger partial charge in [-0.25, -0.2) is 0 Å². The summed E-state index contributed by atoms with van der Waals surface area (Å²) in [4.78, 5) is 53.3. The molecule has 1 aromatic carbocycles. The first-order chi connectivity index (χ1) is 11.4. The van der Waals surface area contributed by atoms with Gasteiger partial charge in [-0.15, -0.1) is 11.8 Å². The molecule has 0 unspecified atom stereocenters. The molecule has 1 saturated heterocycles. The first-order valence-corrected chi connectivity index (χ1v) is 8.61. The number of fused-ring (bicyclic) bond motifs is 1. The number of carbonyl (C=O) groups excluding carboxylic acids is 4. The van der Waals surface area contributed by atoms with Crippen LogP contribution in [0.5, 0.6) is 0 Å². The third-order valence-electron chi connectivity index (χ3n) is 4.10. The topological polar surface area (TPSA) is 78.0 Å². The molecule has 0 N–H and O–H groups in total. The second-order valence-corrected chi connectivity index (χ2v) is 6.85. The van der Waals surface area contributed by atoms with Gasteiger partial charge in [0.05, 0.1) is 17.0 Å². The Labute approximate surface area is 143 Å². The average Bonchev–Trinajstić information content (AvgIpc) is 3.14. The zero-order valence-corrected chi connectivity index (χ0v) is 14.2. The predicted molar refractivity (Wildman–Crippen MR) is 88.5 cm³/mol. The summed E-state index contributed by atoms with van der Waals surface area (Å²) in [7, 11) is 3.27. The summed E-state index contributed by atoms with van der Waals surface area (Å²) in [5.41, 5.74) is 0.624. The van der Waals surface area contributed by atoms with Gasteiger partial charge in [-0.3, -0.25) is 24.1 Å². The SMILES string of the molecule is CN(C)C(=O)[C@H]1CSCN1C(=O)CN1C(=O)c2ccccc2C1=O. The number of hydrogen-bond acceptors (Lipinski definition) is 5. The Balaban J connectivity index is 1.75. The lowest BCUT2D eigenvalue weighted by molar-refractivity contribution is -0.141. The molecule has 1 fully saturated rings. The molecule has 1 atom stereocenters. The highest BCUT2D eigenvalue weighted by atomic mass is 32.2. The lowest BCUT2D eigenvalue weighted by Crippen LogP contribution is -2.50. The Bertz CT molecular complexity index is 699. The van der Waals surface area contributed by atoms with Crippen molar-refractivity contribution in [2.24, 2.45) is 0 Å². The largest absolute Gasteiger partial charge is 0.347 e. The van der Waals surface area contributed by atoms with Crippen molar-refractivity contribution in [3.8, 4) is 0 Å². The molecule has 126 valence electrons. The lowest BCUT2D eigenvalue weighted by atomic mass is 10.1. The number of likely N-dealkylation sites (N-methyl/N-ethyl adjacent to an activating group) is 1. The van der Waals surface area contributed by atoms with E-state index in [-0.39, 0.29) is 12.5 Å². The van der Waals surface area contributed by atoms with E-state index in [2.05, 4.69) is 0 Å². The zero-order chi connectivity index (χ0) is 17.4. The van der Waals surface area contributed by atoms with E-state index in [9.17, 15) is 19.2 Å². The quantitative estimate of drug-likeness (QED) is 0.734. The van der Waals surface area contributed by atoms with Crippen LogP contribution >= 0.6 is 11.8 Å². The highest BCUT2D eigenvalue weighted by Crippen LogP contribution is 2.25. The van der Waals surface area contributed by atoms with Crippen LogP contribution in [-0.2, 0) is 9.59 Å². The summed E-state index contributed by atoms with van der Waals surface area (Å²) in [6.07, 6.45) is 0. The van der Waals surface area contributed by atoms with Crippen LogP contribution in [0, 0.1) is 0 Å². The summed E-state index contributed by atoms with van der Waals surface area (Å²) in [6, 6.07) is 5.96. The zero-order valence-electron chi connectivity index (χ0n) is 13.4. The number of carbonyl (C=O) groups is 4. The lowest BCUT2D eigenvalue weighted by Gasteiger charge is -2.26. The van der Waals surface area contributed by atoms with Crippen molar-refractivity contribution in [2.45, 2.75) is 6.04 Å². The molecular formula is C16H17N3O4S. The van der Waals surface area contributed by atoms with Crippen molar-refractivity contribution in [1.82, 2.24) is 14.7 Å². The van der Waals surface area contributed by atoms with Gasteiger partial charge in [0.1, 0.15) is 12.6 Å². The van der Waals surface area contributed by atoms with Gasteiger partial charge in [0.25, 0.3) is 11.8 Å². The molecule has 0 radical (unpaired) electrons. The number of imide groups is 1. The first-order valence-electron chi connectivity index (χ1n) is 7.45. The highest BCUT2D eigenvalue weighted by molar-refractivity contribution is 7.99. The van der Waals surface area contributed by atoms with Gasteiger partial charge in [0.15, 0.2) is 0 Å². The van der Waals surface area contributed by atoms with E-state index in [1.54, 1.807) is 38.4 Å². The maximum atomic E-state index is 12.6. The van der Waals surface area contributed by atoms with Gasteiger partial charge in [0.2, 0.25) is 11.8 Å². The summed E-state index contributed by atoms with van der Waals surface area (Å²) in [6.45, 7) is -0.343. The molecule has 24 heavy (non-hydrogen) atoms. The molecule has 7 nitrogen and oxygen atoms in total. The van der Waals surface area contributed by atoms with Crippen LogP contribution in [0.4, 0.5) is 0 Å². The molecule has 0 saturated carbocycles. The number of benzene rings is 1. The van der Waals surface area contributed by atoms with Crippen LogP contribution in [-0.4, -0.2) is 76.6 Å². The molecule has 2 aliphatic rings. The van der Waals surface area contributed by atoms with Crippen molar-refractivity contribution in [1.29, 1.82) is 0 Å². The Morgan fingerprint density at radius 3 is 2.29 bits per heavy atom. The third-order valence-corrected chi connectivity index (χ3v) is 5.11. The minimum atomic E-state index is -0.548. The Morgan fingerprint density at radius 1 is 1.17 bits per heavy atom. The molecule has 2 heterocycles. The van der Waals surface area contributed by atoms with E-state index in [1.165, 1.54) is 21.6 Å². The average molecular weight is 347 g/mol. The van der Waals surface area contributed by atoms with Crippen molar-refractivity contribution in [3.05, 3.63) is 35.4 Å². The summed E-state index contributed by atoms with van der Waals surface area (Å²) >= 11 is 1.48. The van der Waals surface area contributed by atoms with Gasteiger partial charge in [-0.2, -0.15) is 0 Å². The maximum Gasteiger partial charge on any atom is 0.262 e. The van der Waals surface area contributed by atoms with Gasteiger partial charge in [-0.1, -0.05) is 12.1 Å². The van der Waals surface area contributed by atoms with Crippen molar-refractivity contribution in [3.63, 3.8) is 0 Å². The number of rotatable bonds is 3. The van der Waals surface area contributed by atoms with E-state index in [0.29, 0.717) is 22.8 Å². The van der Waals surface area contributed by atoms with E-state index in [4.69, 9.17) is 0 Å². The van der Waals surface area contributed by atoms with E-state index >= 15 is 0 Å². The number of thioether (sulfide) groups is 1. The Morgan fingerprint density at radius 2 is 1.75 bits per heavy atom. The molecule has 3 rings (SSSR count). The van der Waals surface area contributed by atoms with Crippen LogP contribution in [0.1, 0.15) is 20.7 Å². The molecular weight excluding hydrogens is 330 g/mol. The van der Waals surface area contributed by atoms with Crippen LogP contribution < -0.4 is 0 Å². The monoisotopic (exact) mass is 347 g/mol. The van der Waals surface area contributed by atoms with Crippen molar-refractivity contribution in [2.75, 3.05) is 32.3 Å². The minimum absolute atomic E-state index is 0.157. The summed E-state index contributed by atoms with van der Waals surface area (Å²) < 4.78 is 0. The van der Waals surface area contributed by atoms with E-state index < -0.39 is 23.8 Å². The molecule has 4 amide bonds. The number of hydrogen-bond donors (Lipinski definition) is 0. The molecule has 2 aliphatic heterocycles. The van der Waals surface area contributed by atoms with Crippen LogP contribution in [0.25, 0.3) is 0 Å². The summed E-state index contributed by atoms with van der Waals surface area (Å²) in [5.74, 6) is -0.583. The molecule has 8 heteroatoms. The van der Waals surface area contributed by atoms with E-state index in [1.807, 2.05) is 0 Å². The molecule has 0 spiro atoms. The van der Waals surface area contributed by atoms with Gasteiger partial charge < -0.3 is 9.80 Å². The smallest absolute Gasteiger partial charge is 0.262 e. The Kier molecular flexibility index (Phi) is 4.31. The van der Waals surface area contributed by atoms with Gasteiger partial charge in [-0.05, 0) is 12.1 Å². The number of nitrogens with zero attached hydrogens (tertiary/aromatic N) is 3. The first kappa shape index (κ1) is 16.5. The van der Waals surface area contributed by atoms with Crippen molar-refractivity contribution < 1.29 is 19.2 Å². The second kappa shape index (κ2) is 6.27. The molecule has 1 aromatic rings. The van der Waals surface area contributed by atoms with Crippen molar-refractivity contribution >= 4 is 35.4 Å². The fourth-order valence-electron chi connectivity index (χ4n) is 2.80. The fourth-order valence-corrected chi connectivity index (χ4v) is 3.97. The molecule has 0 aliphatic carbocycles. The van der Waals surface area contributed by atoms with Gasteiger partial charge in [0, 0.05) is 19.8 Å².